The van der Waals surface area contributed by atoms with Crippen LogP contribution < -0.4 is 10.2 Å². The highest BCUT2D eigenvalue weighted by Crippen LogP contribution is 2.28. The van der Waals surface area contributed by atoms with Crippen LogP contribution in [0.4, 0.5) is 11.4 Å². The van der Waals surface area contributed by atoms with E-state index >= 15 is 0 Å². The second-order valence-electron chi connectivity index (χ2n) is 7.79. The number of para-hydroxylation sites is 1. The molecular weight excluding hydrogens is 430 g/mol. The largest absolute Gasteiger partial charge is 0.456 e. The molecule has 9 heteroatoms. The number of hydrogen-bond donors (Lipinski definition) is 1. The van der Waals surface area contributed by atoms with Gasteiger partial charge in [-0.2, -0.15) is 8.42 Å². The van der Waals surface area contributed by atoms with E-state index in [9.17, 15) is 18.0 Å². The number of carbonyl (C=O) groups excluding carboxylic acids is 2. The summed E-state index contributed by atoms with van der Waals surface area (Å²) >= 11 is 0. The highest BCUT2D eigenvalue weighted by Gasteiger charge is 2.26. The lowest BCUT2D eigenvalue weighted by atomic mass is 10.0. The van der Waals surface area contributed by atoms with Gasteiger partial charge in [-0.25, -0.2) is 0 Å². The Morgan fingerprint density at radius 1 is 1.16 bits per heavy atom. The Morgan fingerprint density at radius 2 is 1.91 bits per heavy atom. The van der Waals surface area contributed by atoms with E-state index in [-0.39, 0.29) is 42.0 Å². The van der Waals surface area contributed by atoms with Crippen LogP contribution >= 0.6 is 0 Å². The quantitative estimate of drug-likeness (QED) is 0.608. The summed E-state index contributed by atoms with van der Waals surface area (Å²) in [6.07, 6.45) is 0.285. The third-order valence-corrected chi connectivity index (χ3v) is 6.39. The fourth-order valence-corrected chi connectivity index (χ4v) is 4.68. The van der Waals surface area contributed by atoms with Crippen LogP contribution in [0.1, 0.15) is 32.3 Å². The standard InChI is InChI=1S/C23H27N3O5S/c1-4-26(18-9-7-8-16(2)12-18)22(27)15-31-23(28)14-17(3)13-21-24-19-10-5-6-11-20(19)32(29,30)25-21/h5-12,17H,4,13-15H2,1-3H3,(H,24,25)/t17-/m1/s1. The number of amidine groups is 1. The second kappa shape index (κ2) is 9.95. The minimum atomic E-state index is -3.77. The van der Waals surface area contributed by atoms with Gasteiger partial charge in [0.1, 0.15) is 10.7 Å². The van der Waals surface area contributed by atoms with Crippen molar-refractivity contribution >= 4 is 39.1 Å². The molecule has 0 bridgehead atoms. The molecule has 1 atom stereocenters. The minimum absolute atomic E-state index is 0.0340. The van der Waals surface area contributed by atoms with Crippen LogP contribution in [0.25, 0.3) is 0 Å². The fraction of sp³-hybridized carbons (Fsp3) is 0.348. The van der Waals surface area contributed by atoms with Gasteiger partial charge in [0.2, 0.25) is 0 Å². The van der Waals surface area contributed by atoms with Crippen molar-refractivity contribution in [3.63, 3.8) is 0 Å². The highest BCUT2D eigenvalue weighted by molar-refractivity contribution is 7.90. The number of likely N-dealkylation sites (N-methyl/N-ethyl adjacent to an activating group) is 1. The summed E-state index contributed by atoms with van der Waals surface area (Å²) in [4.78, 5) is 26.5. The molecule has 32 heavy (non-hydrogen) atoms. The molecule has 0 radical (unpaired) electrons. The Kier molecular flexibility index (Phi) is 7.29. The number of carbonyl (C=O) groups is 2. The van der Waals surface area contributed by atoms with E-state index in [4.69, 9.17) is 4.74 Å². The lowest BCUT2D eigenvalue weighted by molar-refractivity contribution is -0.148. The predicted molar refractivity (Wildman–Crippen MR) is 123 cm³/mol. The summed E-state index contributed by atoms with van der Waals surface area (Å²) in [7, 11) is -3.77. The zero-order valence-corrected chi connectivity index (χ0v) is 19.2. The molecule has 2 aromatic rings. The molecule has 1 aliphatic rings. The van der Waals surface area contributed by atoms with Crippen molar-refractivity contribution in [3.05, 3.63) is 54.1 Å². The lowest BCUT2D eigenvalue weighted by Gasteiger charge is -2.22. The van der Waals surface area contributed by atoms with E-state index < -0.39 is 16.0 Å². The molecular formula is C23H27N3O5S. The summed E-state index contributed by atoms with van der Waals surface area (Å²) in [5.41, 5.74) is 2.25. The Bertz CT molecular complexity index is 1140. The van der Waals surface area contributed by atoms with Crippen molar-refractivity contribution in [2.75, 3.05) is 23.4 Å². The molecule has 1 amide bonds. The zero-order chi connectivity index (χ0) is 23.3. The zero-order valence-electron chi connectivity index (χ0n) is 18.4. The average Bonchev–Trinajstić information content (AvgIpc) is 2.72. The smallest absolute Gasteiger partial charge is 0.306 e. The maximum absolute atomic E-state index is 12.5. The lowest BCUT2D eigenvalue weighted by Crippen LogP contribution is -2.34. The van der Waals surface area contributed by atoms with Crippen LogP contribution in [-0.2, 0) is 24.3 Å². The average molecular weight is 458 g/mol. The van der Waals surface area contributed by atoms with Gasteiger partial charge in [-0.05, 0) is 49.6 Å². The Morgan fingerprint density at radius 3 is 2.62 bits per heavy atom. The van der Waals surface area contributed by atoms with E-state index in [0.29, 0.717) is 12.2 Å². The number of nitrogens with zero attached hydrogens (tertiary/aromatic N) is 2. The van der Waals surface area contributed by atoms with Crippen molar-refractivity contribution in [3.8, 4) is 0 Å². The van der Waals surface area contributed by atoms with E-state index in [1.165, 1.54) is 6.07 Å². The molecule has 8 nitrogen and oxygen atoms in total. The van der Waals surface area contributed by atoms with Gasteiger partial charge in [0, 0.05) is 25.1 Å². The minimum Gasteiger partial charge on any atom is -0.456 e. The first-order chi connectivity index (χ1) is 15.2. The summed E-state index contributed by atoms with van der Waals surface area (Å²) in [6.45, 7) is 5.70. The van der Waals surface area contributed by atoms with Crippen molar-refractivity contribution in [2.24, 2.45) is 10.3 Å². The summed E-state index contributed by atoms with van der Waals surface area (Å²) < 4.78 is 33.7. The van der Waals surface area contributed by atoms with Gasteiger partial charge in [-0.15, -0.1) is 4.40 Å². The predicted octanol–water partition coefficient (Wildman–Crippen LogP) is 3.52. The van der Waals surface area contributed by atoms with Crippen molar-refractivity contribution in [1.29, 1.82) is 0 Å². The van der Waals surface area contributed by atoms with Gasteiger partial charge in [-0.1, -0.05) is 31.2 Å². The van der Waals surface area contributed by atoms with E-state index in [1.54, 1.807) is 30.0 Å². The summed E-state index contributed by atoms with van der Waals surface area (Å²) in [6, 6.07) is 14.1. The number of ether oxygens (including phenoxy) is 1. The number of hydrogen-bond acceptors (Lipinski definition) is 6. The van der Waals surface area contributed by atoms with E-state index in [1.807, 2.05) is 38.1 Å². The van der Waals surface area contributed by atoms with Crippen LogP contribution in [0.5, 0.6) is 0 Å². The molecule has 170 valence electrons. The molecule has 1 aliphatic heterocycles. The molecule has 2 aromatic carbocycles. The van der Waals surface area contributed by atoms with Crippen LogP contribution in [0.3, 0.4) is 0 Å². The maximum Gasteiger partial charge on any atom is 0.306 e. The van der Waals surface area contributed by atoms with Gasteiger partial charge in [0.25, 0.3) is 15.9 Å². The molecule has 0 spiro atoms. The Labute approximate surface area is 188 Å². The molecule has 0 saturated carbocycles. The normalized spacial score (nSPS) is 15.0. The number of aryl methyl sites for hydroxylation is 1. The number of esters is 1. The van der Waals surface area contributed by atoms with Crippen molar-refractivity contribution in [1.82, 2.24) is 0 Å². The van der Waals surface area contributed by atoms with Gasteiger partial charge >= 0.3 is 5.97 Å². The van der Waals surface area contributed by atoms with Gasteiger partial charge in [0.05, 0.1) is 5.69 Å². The summed E-state index contributed by atoms with van der Waals surface area (Å²) in [5, 5.41) is 3.01. The molecule has 1 N–H and O–H groups in total. The Balaban J connectivity index is 1.53. The topological polar surface area (TPSA) is 105 Å². The van der Waals surface area contributed by atoms with Crippen LogP contribution in [0, 0.1) is 12.8 Å². The number of amides is 1. The van der Waals surface area contributed by atoms with Crippen molar-refractivity contribution in [2.45, 2.75) is 38.5 Å². The van der Waals surface area contributed by atoms with E-state index in [0.717, 1.165) is 11.3 Å². The van der Waals surface area contributed by atoms with E-state index in [2.05, 4.69) is 9.71 Å². The first kappa shape index (κ1) is 23.5. The first-order valence-corrected chi connectivity index (χ1v) is 11.9. The highest BCUT2D eigenvalue weighted by atomic mass is 32.2. The molecule has 0 aliphatic carbocycles. The number of rotatable bonds is 8. The summed E-state index contributed by atoms with van der Waals surface area (Å²) in [5.74, 6) is -0.786. The van der Waals surface area contributed by atoms with Crippen LogP contribution in [0.2, 0.25) is 0 Å². The van der Waals surface area contributed by atoms with Gasteiger partial charge in [-0.3, -0.25) is 9.59 Å². The first-order valence-electron chi connectivity index (χ1n) is 10.4. The van der Waals surface area contributed by atoms with Crippen molar-refractivity contribution < 1.29 is 22.7 Å². The Hall–Kier alpha value is -3.20. The molecule has 0 aromatic heterocycles. The molecule has 0 unspecified atom stereocenters. The number of fused-ring (bicyclic) bond motifs is 1. The third kappa shape index (κ3) is 5.73. The fourth-order valence-electron chi connectivity index (χ4n) is 3.52. The van der Waals surface area contributed by atoms with Gasteiger partial charge in [0.15, 0.2) is 6.61 Å². The molecule has 0 fully saturated rings. The number of sulfonamides is 1. The third-order valence-electron chi connectivity index (χ3n) is 5.02. The van der Waals surface area contributed by atoms with Crippen LogP contribution in [0.15, 0.2) is 57.8 Å². The monoisotopic (exact) mass is 457 g/mol. The number of benzene rings is 2. The molecule has 0 saturated heterocycles. The molecule has 1 heterocycles. The second-order valence-corrected chi connectivity index (χ2v) is 9.36. The number of anilines is 2. The van der Waals surface area contributed by atoms with Crippen LogP contribution in [-0.4, -0.2) is 39.3 Å². The SMILES string of the molecule is CCN(C(=O)COC(=O)C[C@H](C)CC1=NS(=O)(=O)c2ccccc2N1)c1cccc(C)c1. The number of nitrogens with one attached hydrogen (secondary N) is 1. The van der Waals surface area contributed by atoms with Gasteiger partial charge < -0.3 is 15.0 Å². The maximum atomic E-state index is 12.5. The molecule has 3 rings (SSSR count).